The van der Waals surface area contributed by atoms with Crippen LogP contribution in [0.25, 0.3) is 0 Å². The minimum absolute atomic E-state index is 0. The smallest absolute Gasteiger partial charge is 0.547 e. The van der Waals surface area contributed by atoms with Gasteiger partial charge in [0, 0.05) is 0 Å². The average Bonchev–Trinajstić information content (AvgIpc) is 2.62. The standard InChI is InChI=1S/2C6H12O7.Ca.4H2O/c2*7-1-2(8)3(9)4(10)5(11)6(12)13;;;;;/h2*2-5,7-11H,1H2,(H,12,13);;4*1H2/q;;+2;;;;/p-2. The maximum Gasteiger partial charge on any atom is 2.00 e. The predicted molar refractivity (Wildman–Crippen MR) is 92.4 cm³/mol. The van der Waals surface area contributed by atoms with E-state index in [4.69, 9.17) is 51.1 Å². The van der Waals surface area contributed by atoms with E-state index in [9.17, 15) is 19.8 Å². The summed E-state index contributed by atoms with van der Waals surface area (Å²) in [6, 6.07) is 0. The van der Waals surface area contributed by atoms with E-state index in [-0.39, 0.29) is 59.6 Å². The number of aliphatic hydroxyl groups is 10. The number of hydrogen-bond donors (Lipinski definition) is 10. The van der Waals surface area contributed by atoms with Crippen LogP contribution in [0.15, 0.2) is 0 Å². The predicted octanol–water partition coefficient (Wildman–Crippen LogP) is -13.3. The Morgan fingerprint density at radius 2 is 0.742 bits per heavy atom. The van der Waals surface area contributed by atoms with Gasteiger partial charge < -0.3 is 92.8 Å². The first-order valence-corrected chi connectivity index (χ1v) is 6.91. The van der Waals surface area contributed by atoms with Crippen LogP contribution in [0.3, 0.4) is 0 Å². The summed E-state index contributed by atoms with van der Waals surface area (Å²) in [4.78, 5) is 20.0. The molecule has 18 nitrogen and oxygen atoms in total. The van der Waals surface area contributed by atoms with E-state index in [1.807, 2.05) is 0 Å². The van der Waals surface area contributed by atoms with Gasteiger partial charge in [-0.1, -0.05) is 0 Å². The van der Waals surface area contributed by atoms with Gasteiger partial charge in [-0.05, 0) is 0 Å². The zero-order chi connectivity index (χ0) is 21.2. The van der Waals surface area contributed by atoms with Crippen LogP contribution >= 0.6 is 0 Å². The van der Waals surface area contributed by atoms with Crippen molar-refractivity contribution in [2.75, 3.05) is 13.2 Å². The molecule has 0 aliphatic rings. The minimum Gasteiger partial charge on any atom is -0.547 e. The third-order valence-electron chi connectivity index (χ3n) is 2.99. The Kier molecular flexibility index (Phi) is 37.7. The quantitative estimate of drug-likeness (QED) is 0.124. The molecular weight excluding hydrogens is 472 g/mol. The van der Waals surface area contributed by atoms with Crippen molar-refractivity contribution >= 4 is 49.7 Å². The van der Waals surface area contributed by atoms with Gasteiger partial charge in [0.25, 0.3) is 0 Å². The first kappa shape index (κ1) is 48.2. The molecule has 0 aliphatic heterocycles. The van der Waals surface area contributed by atoms with Crippen molar-refractivity contribution in [2.24, 2.45) is 0 Å². The van der Waals surface area contributed by atoms with E-state index < -0.39 is 74.0 Å². The van der Waals surface area contributed by atoms with Crippen LogP contribution in [0.1, 0.15) is 0 Å². The van der Waals surface area contributed by atoms with E-state index in [1.165, 1.54) is 0 Å². The van der Waals surface area contributed by atoms with Crippen LogP contribution in [0.5, 0.6) is 0 Å². The summed E-state index contributed by atoms with van der Waals surface area (Å²) >= 11 is 0. The summed E-state index contributed by atoms with van der Waals surface area (Å²) in [5.74, 6) is -3.95. The largest absolute Gasteiger partial charge is 2.00 e. The van der Waals surface area contributed by atoms with Gasteiger partial charge in [0.1, 0.15) is 48.8 Å². The summed E-state index contributed by atoms with van der Waals surface area (Å²) in [6.07, 6.45) is -16.2. The van der Waals surface area contributed by atoms with Crippen molar-refractivity contribution in [1.29, 1.82) is 0 Å². The van der Waals surface area contributed by atoms with Gasteiger partial charge in [-0.2, -0.15) is 0 Å². The number of rotatable bonds is 10. The normalized spacial score (nSPS) is 17.1. The molecule has 0 aliphatic carbocycles. The maximum absolute atomic E-state index is 9.98. The summed E-state index contributed by atoms with van der Waals surface area (Å²) < 4.78 is 0. The third kappa shape index (κ3) is 17.8. The molecular formula is C12H30CaO18. The van der Waals surface area contributed by atoms with Crippen LogP contribution in [-0.2, 0) is 9.59 Å². The van der Waals surface area contributed by atoms with Gasteiger partial charge in [0.15, 0.2) is 0 Å². The molecule has 0 fully saturated rings. The number of aliphatic hydroxyl groups excluding tert-OH is 10. The van der Waals surface area contributed by atoms with Gasteiger partial charge in [-0.25, -0.2) is 0 Å². The van der Waals surface area contributed by atoms with Crippen molar-refractivity contribution in [3.8, 4) is 0 Å². The summed E-state index contributed by atoms with van der Waals surface area (Å²) in [5, 5.41) is 107. The van der Waals surface area contributed by atoms with E-state index in [1.54, 1.807) is 0 Å². The third-order valence-corrected chi connectivity index (χ3v) is 2.99. The Bertz CT molecular complexity index is 388. The molecule has 0 spiro atoms. The molecule has 19 heteroatoms. The van der Waals surface area contributed by atoms with Crippen molar-refractivity contribution in [3.05, 3.63) is 0 Å². The molecule has 0 aromatic rings. The first-order chi connectivity index (χ1) is 11.8. The van der Waals surface area contributed by atoms with E-state index in [0.717, 1.165) is 0 Å². The first-order valence-electron chi connectivity index (χ1n) is 6.91. The van der Waals surface area contributed by atoms with E-state index in [2.05, 4.69) is 0 Å². The zero-order valence-electron chi connectivity index (χ0n) is 15.8. The van der Waals surface area contributed by atoms with Crippen LogP contribution in [0.4, 0.5) is 0 Å². The second-order valence-electron chi connectivity index (χ2n) is 4.99. The van der Waals surface area contributed by atoms with Gasteiger partial charge >= 0.3 is 37.7 Å². The molecule has 8 atom stereocenters. The van der Waals surface area contributed by atoms with Gasteiger partial charge in [-0.3, -0.25) is 0 Å². The number of carbonyl (C=O) groups is 2. The molecule has 0 heterocycles. The van der Waals surface area contributed by atoms with E-state index >= 15 is 0 Å². The molecule has 0 radical (unpaired) electrons. The molecule has 0 aromatic heterocycles. The number of aliphatic carboxylic acids is 2. The summed E-state index contributed by atoms with van der Waals surface area (Å²) in [5.41, 5.74) is 0. The van der Waals surface area contributed by atoms with Gasteiger partial charge in [-0.15, -0.1) is 0 Å². The Morgan fingerprint density at radius 1 is 0.548 bits per heavy atom. The fourth-order valence-electron chi connectivity index (χ4n) is 1.32. The van der Waals surface area contributed by atoms with Crippen molar-refractivity contribution in [1.82, 2.24) is 0 Å². The van der Waals surface area contributed by atoms with Crippen LogP contribution in [0.2, 0.25) is 0 Å². The van der Waals surface area contributed by atoms with Crippen molar-refractivity contribution in [2.45, 2.75) is 48.8 Å². The van der Waals surface area contributed by atoms with Gasteiger partial charge in [0.05, 0.1) is 25.2 Å². The molecule has 8 unspecified atom stereocenters. The molecule has 0 bridgehead atoms. The Morgan fingerprint density at radius 3 is 0.871 bits per heavy atom. The van der Waals surface area contributed by atoms with Crippen molar-refractivity contribution in [3.63, 3.8) is 0 Å². The van der Waals surface area contributed by atoms with Crippen LogP contribution < -0.4 is 10.2 Å². The second-order valence-corrected chi connectivity index (χ2v) is 4.99. The number of hydrogen-bond acceptors (Lipinski definition) is 14. The molecule has 0 aromatic carbocycles. The van der Waals surface area contributed by atoms with Crippen LogP contribution in [-0.4, -0.2) is 185 Å². The molecule has 0 rings (SSSR count). The summed E-state index contributed by atoms with van der Waals surface area (Å²) in [7, 11) is 0. The maximum atomic E-state index is 9.98. The Labute approximate surface area is 204 Å². The monoisotopic (exact) mass is 502 g/mol. The molecule has 0 amide bonds. The fourth-order valence-corrected chi connectivity index (χ4v) is 1.32. The minimum atomic E-state index is -2.31. The topological polar surface area (TPSA) is 409 Å². The number of carboxylic acid groups (broad SMARTS) is 2. The average molecular weight is 502 g/mol. The molecule has 0 saturated heterocycles. The van der Waals surface area contributed by atoms with E-state index in [0.29, 0.717) is 0 Å². The summed E-state index contributed by atoms with van der Waals surface area (Å²) in [6.45, 7) is -1.73. The number of carboxylic acids is 2. The van der Waals surface area contributed by atoms with Gasteiger partial charge in [0.2, 0.25) is 0 Å². The molecule has 31 heavy (non-hydrogen) atoms. The fraction of sp³-hybridized carbons (Fsp3) is 0.833. The molecule has 0 saturated carbocycles. The zero-order valence-corrected chi connectivity index (χ0v) is 18.1. The SMILES string of the molecule is O.O.O.O.O=C([O-])C(O)C(O)C(O)C(O)CO.O=C([O-])C(O)C(O)C(O)C(O)CO.[Ca+2]. The number of carbonyl (C=O) groups excluding carboxylic acids is 2. The Balaban J connectivity index is -0.0000000640. The Hall–Kier alpha value is -0.360. The molecule has 188 valence electrons. The molecule has 18 N–H and O–H groups in total. The van der Waals surface area contributed by atoms with Crippen molar-refractivity contribution < 1.29 is 92.8 Å². The second kappa shape index (κ2) is 24.3. The van der Waals surface area contributed by atoms with Crippen LogP contribution in [0, 0.1) is 0 Å².